The molecule has 0 saturated heterocycles. The maximum absolute atomic E-state index is 2.31. The highest BCUT2D eigenvalue weighted by Crippen LogP contribution is 2.29. The molecule has 108 heavy (non-hydrogen) atoms. The molecule has 12 aliphatic rings. The molecule has 0 aliphatic heterocycles. The van der Waals surface area contributed by atoms with Crippen molar-refractivity contribution in [3.63, 3.8) is 0 Å². The van der Waals surface area contributed by atoms with Gasteiger partial charge in [-0.15, -0.1) is 0 Å². The van der Waals surface area contributed by atoms with E-state index in [9.17, 15) is 0 Å². The Morgan fingerprint density at radius 1 is 0.0741 bits per heavy atom. The second-order valence-electron chi connectivity index (χ2n) is 24.4. The van der Waals surface area contributed by atoms with Crippen LogP contribution in [0.3, 0.4) is 0 Å². The van der Waals surface area contributed by atoms with E-state index in [2.05, 4.69) is 83.1 Å². The largest absolute Gasteiger partial charge is 0.0683 e. The van der Waals surface area contributed by atoms with E-state index >= 15 is 0 Å². The molecule has 0 aromatic rings. The van der Waals surface area contributed by atoms with E-state index in [1.165, 1.54) is 231 Å². The van der Waals surface area contributed by atoms with Gasteiger partial charge < -0.3 is 0 Å². The molecule has 0 bridgehead atoms. The van der Waals surface area contributed by atoms with Gasteiger partial charge in [0.25, 0.3) is 0 Å². The van der Waals surface area contributed by atoms with E-state index < -0.39 is 0 Å². The number of hydrogen-bond donors (Lipinski definition) is 0. The summed E-state index contributed by atoms with van der Waals surface area (Å²) in [6.45, 7) is 124. The molecule has 0 atom stereocenters. The first-order valence-electron chi connectivity index (χ1n) is 52.7. The summed E-state index contributed by atoms with van der Waals surface area (Å²) in [6.07, 6.45) is 53.5. The SMILES string of the molecule is CC.CC.CC.CC.CC.CC.CC.CC.CC.CC.CC.CC.CC.CC.CC.CC.CC.CC.CC.CC.CC.CC.CC.CC.CC1CCC1.CC1CCC1.CC1CCC1.CC1CCC1.CC1CCC1.CC1CCC1.CC1CCC1.CC1CCC1.CC1CCC1.CC1CCC1.CC1CCC1.CC1CCC1. The molecule has 12 aliphatic carbocycles. The van der Waals surface area contributed by atoms with E-state index in [0.29, 0.717) is 0 Å². The summed E-state index contributed by atoms with van der Waals surface area (Å²) in [7, 11) is 0. The molecule has 0 amide bonds. The van der Waals surface area contributed by atoms with Gasteiger partial charge in [0.1, 0.15) is 0 Å². The zero-order chi connectivity index (χ0) is 92.4. The van der Waals surface area contributed by atoms with Gasteiger partial charge in [0.2, 0.25) is 0 Å². The normalized spacial score (nSPS) is 15.7. The molecule has 12 fully saturated rings. The summed E-state index contributed by atoms with van der Waals surface area (Å²) in [4.78, 5) is 0. The highest BCUT2D eigenvalue weighted by atomic mass is 14.2. The first-order valence-corrected chi connectivity index (χ1v) is 52.7. The van der Waals surface area contributed by atoms with Crippen LogP contribution in [0.25, 0.3) is 0 Å². The average Bonchev–Trinajstić information content (AvgIpc) is 2.95. The third-order valence-electron chi connectivity index (χ3n) is 16.7. The van der Waals surface area contributed by atoms with Gasteiger partial charge in [0, 0.05) is 0 Å². The second kappa shape index (κ2) is 232. The van der Waals surface area contributed by atoms with Gasteiger partial charge >= 0.3 is 0 Å². The van der Waals surface area contributed by atoms with Gasteiger partial charge in [0.15, 0.2) is 0 Å². The average molecular weight is 1560 g/mol. The van der Waals surface area contributed by atoms with Crippen LogP contribution in [-0.4, -0.2) is 0 Å². The smallest absolute Gasteiger partial charge is 0.0443 e. The fourth-order valence-electron chi connectivity index (χ4n) is 7.35. The maximum Gasteiger partial charge on any atom is -0.0443 e. The lowest BCUT2D eigenvalue weighted by Crippen LogP contribution is -2.04. The van der Waals surface area contributed by atoms with E-state index in [-0.39, 0.29) is 0 Å². The molecule has 0 N–H and O–H groups in total. The van der Waals surface area contributed by atoms with Crippen LogP contribution in [0.1, 0.15) is 647 Å². The van der Waals surface area contributed by atoms with Crippen LogP contribution >= 0.6 is 0 Å². The summed E-state index contributed by atoms with van der Waals surface area (Å²) < 4.78 is 0. The Hall–Kier alpha value is 0. The Morgan fingerprint density at radius 3 is 0.0926 bits per heavy atom. The lowest BCUT2D eigenvalue weighted by molar-refractivity contribution is 0.346. The first-order chi connectivity index (χ1) is 52.7. The van der Waals surface area contributed by atoms with Gasteiger partial charge in [-0.1, -0.05) is 647 Å². The van der Waals surface area contributed by atoms with Crippen LogP contribution in [0.15, 0.2) is 0 Å². The molecule has 0 aromatic carbocycles. The standard InChI is InChI=1S/12C5H10.24C2H6/c12*1-5-3-2-4-5;24*1-2/h12*5H,2-4H2,1H3;24*1-2H3. The van der Waals surface area contributed by atoms with E-state index in [1.54, 1.807) is 0 Å². The summed E-state index contributed by atoms with van der Waals surface area (Å²) in [5.74, 6) is 12.8. The third kappa shape index (κ3) is 225. The summed E-state index contributed by atoms with van der Waals surface area (Å²) >= 11 is 0. The summed E-state index contributed by atoms with van der Waals surface area (Å²) in [6, 6.07) is 0. The Morgan fingerprint density at radius 2 is 0.0926 bits per heavy atom. The number of rotatable bonds is 0. The third-order valence-corrected chi connectivity index (χ3v) is 16.7. The van der Waals surface area contributed by atoms with Crippen LogP contribution in [0.5, 0.6) is 0 Å². The fourth-order valence-corrected chi connectivity index (χ4v) is 7.35. The van der Waals surface area contributed by atoms with Crippen LogP contribution in [-0.2, 0) is 0 Å². The molecule has 12 saturated carbocycles. The zero-order valence-corrected chi connectivity index (χ0v) is 92.4. The lowest BCUT2D eigenvalue weighted by Gasteiger charge is -2.18. The Balaban J connectivity index is -0.0000000309. The van der Waals surface area contributed by atoms with E-state index in [4.69, 9.17) is 0 Å². The molecular weight excluding hydrogens is 1300 g/mol. The summed E-state index contributed by atoms with van der Waals surface area (Å²) in [5, 5.41) is 0. The van der Waals surface area contributed by atoms with Crippen molar-refractivity contribution in [3.05, 3.63) is 0 Å². The van der Waals surface area contributed by atoms with Gasteiger partial charge in [-0.05, 0) is 71.0 Å². The molecule has 0 radical (unpaired) electrons. The van der Waals surface area contributed by atoms with Gasteiger partial charge in [-0.25, -0.2) is 0 Å². The molecule has 0 spiro atoms. The molecule has 0 nitrogen and oxygen atoms in total. The monoisotopic (exact) mass is 1560 g/mol. The van der Waals surface area contributed by atoms with Crippen LogP contribution in [0.2, 0.25) is 0 Å². The van der Waals surface area contributed by atoms with Crippen molar-refractivity contribution in [2.24, 2.45) is 71.0 Å². The van der Waals surface area contributed by atoms with Gasteiger partial charge in [-0.3, -0.25) is 0 Å². The van der Waals surface area contributed by atoms with Gasteiger partial charge in [0.05, 0.1) is 0 Å². The van der Waals surface area contributed by atoms with Crippen molar-refractivity contribution in [3.8, 4) is 0 Å². The minimum absolute atomic E-state index is 1.06. The molecule has 0 unspecified atom stereocenters. The molecule has 12 rings (SSSR count). The first kappa shape index (κ1) is 175. The topological polar surface area (TPSA) is 0 Å². The van der Waals surface area contributed by atoms with E-state index in [0.717, 1.165) is 71.0 Å². The lowest BCUT2D eigenvalue weighted by atomic mass is 9.88. The van der Waals surface area contributed by atoms with Crippen molar-refractivity contribution in [1.82, 2.24) is 0 Å². The van der Waals surface area contributed by atoms with Crippen LogP contribution in [0.4, 0.5) is 0 Å². The molecule has 0 heterocycles. The summed E-state index contributed by atoms with van der Waals surface area (Å²) in [5.41, 5.74) is 0. The molecule has 0 aromatic heterocycles. The highest BCUT2D eigenvalue weighted by molar-refractivity contribution is 4.67. The van der Waals surface area contributed by atoms with Crippen molar-refractivity contribution in [1.29, 1.82) is 0 Å². The van der Waals surface area contributed by atoms with Crippen molar-refractivity contribution >= 4 is 0 Å². The van der Waals surface area contributed by atoms with Crippen LogP contribution in [0, 0.1) is 71.0 Å². The van der Waals surface area contributed by atoms with Crippen LogP contribution < -0.4 is 0 Å². The molecule has 0 heteroatoms. The quantitative estimate of drug-likeness (QED) is 0.227. The number of hydrogen-bond acceptors (Lipinski definition) is 0. The molecular formula is C108H264. The minimum atomic E-state index is 1.06. The maximum atomic E-state index is 2.31. The predicted molar refractivity (Wildman–Crippen MR) is 549 cm³/mol. The second-order valence-corrected chi connectivity index (χ2v) is 24.4. The molecule has 696 valence electrons. The Kier molecular flexibility index (Phi) is 376. The Labute approximate surface area is 713 Å². The van der Waals surface area contributed by atoms with E-state index in [1.807, 2.05) is 332 Å². The zero-order valence-electron chi connectivity index (χ0n) is 92.4. The Bertz CT molecular complexity index is 582. The fraction of sp³-hybridized carbons (Fsp3) is 1.00. The highest BCUT2D eigenvalue weighted by Gasteiger charge is 2.14. The van der Waals surface area contributed by atoms with Crippen molar-refractivity contribution in [2.45, 2.75) is 647 Å². The predicted octanol–water partition coefficient (Wildman–Crippen LogP) is 46.3. The van der Waals surface area contributed by atoms with Crippen molar-refractivity contribution < 1.29 is 0 Å². The van der Waals surface area contributed by atoms with Gasteiger partial charge in [-0.2, -0.15) is 0 Å². The van der Waals surface area contributed by atoms with Crippen molar-refractivity contribution in [2.75, 3.05) is 0 Å². The minimum Gasteiger partial charge on any atom is -0.0683 e.